The number of carboxylic acid groups (broad SMARTS) is 1. The molecule has 23 heavy (non-hydrogen) atoms. The van der Waals surface area contributed by atoms with Gasteiger partial charge in [-0.3, -0.25) is 14.9 Å². The summed E-state index contributed by atoms with van der Waals surface area (Å²) in [5, 5.41) is 14.7. The lowest BCUT2D eigenvalue weighted by Crippen LogP contribution is -2.47. The monoisotopic (exact) mass is 344 g/mol. The smallest absolute Gasteiger partial charge is 0.320 e. The van der Waals surface area contributed by atoms with Crippen LogP contribution in [0.4, 0.5) is 5.69 Å². The number of aliphatic carboxylic acids is 1. The Morgan fingerprint density at radius 3 is 2.30 bits per heavy atom. The summed E-state index contributed by atoms with van der Waals surface area (Å²) in [6.07, 6.45) is 1.22. The molecule has 0 bridgehead atoms. The Kier molecular flexibility index (Phi) is 10.0. The van der Waals surface area contributed by atoms with Crippen LogP contribution in [-0.4, -0.2) is 35.7 Å². The Hall–Kier alpha value is -1.79. The van der Waals surface area contributed by atoms with Gasteiger partial charge in [0.2, 0.25) is 5.91 Å². The zero-order valence-corrected chi connectivity index (χ0v) is 14.5. The van der Waals surface area contributed by atoms with E-state index in [-0.39, 0.29) is 18.3 Å². The number of nitrogens with one attached hydrogen (secondary N) is 2. The van der Waals surface area contributed by atoms with Crippen molar-refractivity contribution < 1.29 is 19.4 Å². The van der Waals surface area contributed by atoms with Gasteiger partial charge in [0.05, 0.1) is 12.6 Å². The Morgan fingerprint density at radius 1 is 1.22 bits per heavy atom. The molecule has 1 amide bonds. The van der Waals surface area contributed by atoms with Crippen LogP contribution < -0.4 is 15.4 Å². The Balaban J connectivity index is 0.00000484. The number of hydrogen-bond donors (Lipinski definition) is 3. The van der Waals surface area contributed by atoms with Crippen molar-refractivity contribution in [3.05, 3.63) is 24.3 Å². The van der Waals surface area contributed by atoms with Gasteiger partial charge in [-0.05, 0) is 44.5 Å². The van der Waals surface area contributed by atoms with Crippen molar-refractivity contribution in [3.8, 4) is 5.75 Å². The third kappa shape index (κ3) is 7.34. The van der Waals surface area contributed by atoms with Gasteiger partial charge in [0.1, 0.15) is 11.8 Å². The quantitative estimate of drug-likeness (QED) is 0.641. The van der Waals surface area contributed by atoms with Crippen LogP contribution in [-0.2, 0) is 9.59 Å². The molecule has 0 aliphatic carbocycles. The average molecular weight is 345 g/mol. The SMILES string of the molecule is CCCC(NC(C)C(=O)Nc1ccc(OCC)cc1)C(=O)O.Cl. The second-order valence-electron chi connectivity index (χ2n) is 5.01. The van der Waals surface area contributed by atoms with Crippen molar-refractivity contribution in [2.24, 2.45) is 0 Å². The van der Waals surface area contributed by atoms with Crippen LogP contribution in [0, 0.1) is 0 Å². The number of anilines is 1. The molecular weight excluding hydrogens is 320 g/mol. The largest absolute Gasteiger partial charge is 0.494 e. The van der Waals surface area contributed by atoms with Crippen LogP contribution in [0.2, 0.25) is 0 Å². The molecule has 0 aliphatic rings. The number of carboxylic acids is 1. The number of hydrogen-bond acceptors (Lipinski definition) is 4. The number of ether oxygens (including phenoxy) is 1. The topological polar surface area (TPSA) is 87.7 Å². The fourth-order valence-electron chi connectivity index (χ4n) is 2.00. The fraction of sp³-hybridized carbons (Fsp3) is 0.500. The molecule has 0 spiro atoms. The first kappa shape index (κ1) is 21.2. The third-order valence-corrected chi connectivity index (χ3v) is 3.15. The maximum atomic E-state index is 12.1. The summed E-state index contributed by atoms with van der Waals surface area (Å²) in [6.45, 7) is 6.04. The van der Waals surface area contributed by atoms with Gasteiger partial charge in [-0.1, -0.05) is 13.3 Å². The Bertz CT molecular complexity index is 493. The van der Waals surface area contributed by atoms with Gasteiger partial charge in [-0.25, -0.2) is 0 Å². The summed E-state index contributed by atoms with van der Waals surface area (Å²) in [5.41, 5.74) is 0.643. The van der Waals surface area contributed by atoms with E-state index in [4.69, 9.17) is 9.84 Å². The van der Waals surface area contributed by atoms with E-state index in [0.29, 0.717) is 18.7 Å². The first-order valence-corrected chi connectivity index (χ1v) is 7.50. The normalized spacial score (nSPS) is 12.7. The number of rotatable bonds is 9. The molecule has 2 unspecified atom stereocenters. The molecule has 0 fully saturated rings. The van der Waals surface area contributed by atoms with Gasteiger partial charge in [0.25, 0.3) is 0 Å². The maximum absolute atomic E-state index is 12.1. The summed E-state index contributed by atoms with van der Waals surface area (Å²) in [5.74, 6) is -0.477. The first-order chi connectivity index (χ1) is 10.5. The molecule has 130 valence electrons. The predicted molar refractivity (Wildman–Crippen MR) is 92.4 cm³/mol. The van der Waals surface area contributed by atoms with Crippen LogP contribution in [0.15, 0.2) is 24.3 Å². The molecular formula is C16H25ClN2O4. The number of amides is 1. The van der Waals surface area contributed by atoms with Crippen LogP contribution in [0.5, 0.6) is 5.75 Å². The highest BCUT2D eigenvalue weighted by Gasteiger charge is 2.22. The third-order valence-electron chi connectivity index (χ3n) is 3.15. The van der Waals surface area contributed by atoms with E-state index in [0.717, 1.165) is 12.2 Å². The second-order valence-corrected chi connectivity index (χ2v) is 5.01. The summed E-state index contributed by atoms with van der Waals surface area (Å²) in [7, 11) is 0. The highest BCUT2D eigenvalue weighted by Crippen LogP contribution is 2.15. The molecule has 0 saturated carbocycles. The number of carbonyl (C=O) groups is 2. The first-order valence-electron chi connectivity index (χ1n) is 7.50. The lowest BCUT2D eigenvalue weighted by Gasteiger charge is -2.19. The van der Waals surface area contributed by atoms with E-state index >= 15 is 0 Å². The van der Waals surface area contributed by atoms with Crippen LogP contribution in [0.25, 0.3) is 0 Å². The molecule has 7 heteroatoms. The maximum Gasteiger partial charge on any atom is 0.320 e. The van der Waals surface area contributed by atoms with Gasteiger partial charge in [-0.15, -0.1) is 12.4 Å². The molecule has 1 rings (SSSR count). The van der Waals surface area contributed by atoms with Crippen molar-refractivity contribution in [2.75, 3.05) is 11.9 Å². The van der Waals surface area contributed by atoms with Crippen LogP contribution in [0.1, 0.15) is 33.6 Å². The van der Waals surface area contributed by atoms with Crippen LogP contribution in [0.3, 0.4) is 0 Å². The van der Waals surface area contributed by atoms with E-state index in [9.17, 15) is 9.59 Å². The molecule has 0 aromatic heterocycles. The average Bonchev–Trinajstić information content (AvgIpc) is 2.48. The lowest BCUT2D eigenvalue weighted by molar-refractivity contribution is -0.140. The lowest BCUT2D eigenvalue weighted by atomic mass is 10.1. The minimum Gasteiger partial charge on any atom is -0.494 e. The van der Waals surface area contributed by atoms with E-state index in [2.05, 4.69) is 10.6 Å². The Labute approximate surface area is 143 Å². The second kappa shape index (κ2) is 10.9. The molecule has 1 aromatic rings. The van der Waals surface area contributed by atoms with E-state index in [1.54, 1.807) is 31.2 Å². The van der Waals surface area contributed by atoms with Crippen molar-refractivity contribution in [1.82, 2.24) is 5.32 Å². The minimum atomic E-state index is -0.942. The van der Waals surface area contributed by atoms with Crippen molar-refractivity contribution in [3.63, 3.8) is 0 Å². The molecule has 0 heterocycles. The highest BCUT2D eigenvalue weighted by atomic mass is 35.5. The predicted octanol–water partition coefficient (Wildman–Crippen LogP) is 2.68. The van der Waals surface area contributed by atoms with E-state index in [1.807, 2.05) is 13.8 Å². The van der Waals surface area contributed by atoms with Crippen molar-refractivity contribution in [2.45, 2.75) is 45.7 Å². The fourth-order valence-corrected chi connectivity index (χ4v) is 2.00. The minimum absolute atomic E-state index is 0. The molecule has 6 nitrogen and oxygen atoms in total. The molecule has 3 N–H and O–H groups in total. The van der Waals surface area contributed by atoms with Crippen molar-refractivity contribution in [1.29, 1.82) is 0 Å². The molecule has 1 aromatic carbocycles. The summed E-state index contributed by atoms with van der Waals surface area (Å²) in [4.78, 5) is 23.2. The summed E-state index contributed by atoms with van der Waals surface area (Å²) < 4.78 is 5.33. The van der Waals surface area contributed by atoms with Crippen molar-refractivity contribution >= 4 is 30.0 Å². The molecule has 0 radical (unpaired) electrons. The van der Waals surface area contributed by atoms with Gasteiger partial charge < -0.3 is 15.2 Å². The Morgan fingerprint density at radius 2 is 1.83 bits per heavy atom. The van der Waals surface area contributed by atoms with Gasteiger partial charge in [0.15, 0.2) is 0 Å². The van der Waals surface area contributed by atoms with E-state index in [1.165, 1.54) is 0 Å². The zero-order valence-electron chi connectivity index (χ0n) is 13.7. The van der Waals surface area contributed by atoms with Gasteiger partial charge >= 0.3 is 5.97 Å². The molecule has 2 atom stereocenters. The molecule has 0 saturated heterocycles. The summed E-state index contributed by atoms with van der Waals surface area (Å²) in [6, 6.07) is 5.72. The van der Waals surface area contributed by atoms with Crippen LogP contribution >= 0.6 is 12.4 Å². The standard InChI is InChI=1S/C16H24N2O4.ClH/c1-4-6-14(16(20)21)17-11(3)15(19)18-12-7-9-13(10-8-12)22-5-2;/h7-11,14,17H,4-6H2,1-3H3,(H,18,19)(H,20,21);1H. The highest BCUT2D eigenvalue weighted by molar-refractivity contribution is 5.95. The number of carbonyl (C=O) groups excluding carboxylic acids is 1. The number of benzene rings is 1. The van der Waals surface area contributed by atoms with Gasteiger partial charge in [0, 0.05) is 5.69 Å². The molecule has 0 aliphatic heterocycles. The zero-order chi connectivity index (χ0) is 16.5. The van der Waals surface area contributed by atoms with E-state index < -0.39 is 18.1 Å². The van der Waals surface area contributed by atoms with Gasteiger partial charge in [-0.2, -0.15) is 0 Å². The summed E-state index contributed by atoms with van der Waals surface area (Å²) >= 11 is 0. The number of halogens is 1.